The van der Waals surface area contributed by atoms with Crippen LogP contribution in [-0.2, 0) is 11.3 Å². The van der Waals surface area contributed by atoms with Crippen molar-refractivity contribution in [2.75, 3.05) is 24.5 Å². The summed E-state index contributed by atoms with van der Waals surface area (Å²) in [5, 5.41) is 0. The number of carbonyl (C=O) groups excluding carboxylic acids is 1. The molecule has 152 valence electrons. The number of benzene rings is 2. The van der Waals surface area contributed by atoms with E-state index in [2.05, 4.69) is 68.3 Å². The van der Waals surface area contributed by atoms with Crippen LogP contribution < -0.4 is 4.90 Å². The molecule has 5 heteroatoms. The van der Waals surface area contributed by atoms with Crippen LogP contribution in [-0.4, -0.2) is 40.4 Å². The summed E-state index contributed by atoms with van der Waals surface area (Å²) in [5.74, 6) is 1.19. The average molecular weight is 399 g/mol. The van der Waals surface area contributed by atoms with Crippen LogP contribution in [0.2, 0.25) is 0 Å². The van der Waals surface area contributed by atoms with Crippen LogP contribution in [0.1, 0.15) is 35.4 Å². The van der Waals surface area contributed by atoms with Gasteiger partial charge in [0.15, 0.2) is 0 Å². The van der Waals surface area contributed by atoms with Gasteiger partial charge in [-0.3, -0.25) is 4.79 Å². The van der Waals surface area contributed by atoms with E-state index >= 15 is 0 Å². The number of amides is 1. The Kier molecular flexibility index (Phi) is 5.18. The third-order valence-electron chi connectivity index (χ3n) is 6.31. The molecule has 1 aromatic heterocycles. The van der Waals surface area contributed by atoms with Crippen molar-refractivity contribution < 1.29 is 4.79 Å². The van der Waals surface area contributed by atoms with Crippen LogP contribution in [0, 0.1) is 5.92 Å². The lowest BCUT2D eigenvalue weighted by molar-refractivity contribution is -0.137. The highest BCUT2D eigenvalue weighted by atomic mass is 16.2. The second kappa shape index (κ2) is 8.27. The molecule has 3 aromatic rings. The Hall–Kier alpha value is -3.21. The molecule has 0 saturated carbocycles. The number of piperidine rings is 1. The Balaban J connectivity index is 1.38. The molecule has 0 aliphatic carbocycles. The van der Waals surface area contributed by atoms with Crippen LogP contribution in [0.15, 0.2) is 73.1 Å². The quantitative estimate of drug-likeness (QED) is 0.672. The number of carbonyl (C=O) groups is 1. The van der Waals surface area contributed by atoms with E-state index in [0.717, 1.165) is 31.9 Å². The Morgan fingerprint density at radius 3 is 2.50 bits per heavy atom. The normalized spacial score (nSPS) is 21.2. The molecule has 3 heterocycles. The van der Waals surface area contributed by atoms with Gasteiger partial charge in [0, 0.05) is 44.5 Å². The smallest absolute Gasteiger partial charge is 0.227 e. The van der Waals surface area contributed by atoms with Crippen molar-refractivity contribution in [1.29, 1.82) is 0 Å². The number of fused-ring (bicyclic) bond motifs is 1. The van der Waals surface area contributed by atoms with Gasteiger partial charge in [-0.25, -0.2) is 9.97 Å². The molecule has 2 aliphatic rings. The standard InChI is InChI=1S/C25H26N4O/c30-24(21-11-6-15-28(17-21)25-26-13-7-14-27-25)29-16-20-10-4-5-12-22(20)23(18-29)19-8-2-1-3-9-19/h1-5,7-10,12-14,21,23H,6,11,15-18H2. The van der Waals surface area contributed by atoms with E-state index in [0.29, 0.717) is 13.1 Å². The molecule has 5 rings (SSSR count). The minimum absolute atomic E-state index is 0.00996. The molecular formula is C25H26N4O. The highest BCUT2D eigenvalue weighted by Crippen LogP contribution is 2.34. The molecular weight excluding hydrogens is 372 g/mol. The van der Waals surface area contributed by atoms with Gasteiger partial charge >= 0.3 is 0 Å². The van der Waals surface area contributed by atoms with Gasteiger partial charge in [0.05, 0.1) is 5.92 Å². The summed E-state index contributed by atoms with van der Waals surface area (Å²) in [6, 6.07) is 20.9. The predicted molar refractivity (Wildman–Crippen MR) is 117 cm³/mol. The molecule has 2 atom stereocenters. The van der Waals surface area contributed by atoms with Gasteiger partial charge in [-0.05, 0) is 35.6 Å². The van der Waals surface area contributed by atoms with Crippen LogP contribution in [0.25, 0.3) is 0 Å². The monoisotopic (exact) mass is 398 g/mol. The number of aromatic nitrogens is 2. The zero-order valence-corrected chi connectivity index (χ0v) is 17.0. The molecule has 1 saturated heterocycles. The van der Waals surface area contributed by atoms with E-state index in [1.165, 1.54) is 16.7 Å². The summed E-state index contributed by atoms with van der Waals surface area (Å²) < 4.78 is 0. The van der Waals surface area contributed by atoms with Crippen molar-refractivity contribution in [3.63, 3.8) is 0 Å². The van der Waals surface area contributed by atoms with Crippen LogP contribution in [0.5, 0.6) is 0 Å². The van der Waals surface area contributed by atoms with E-state index in [4.69, 9.17) is 0 Å². The summed E-state index contributed by atoms with van der Waals surface area (Å²) in [7, 11) is 0. The molecule has 0 bridgehead atoms. The first-order chi connectivity index (χ1) is 14.8. The third-order valence-corrected chi connectivity index (χ3v) is 6.31. The van der Waals surface area contributed by atoms with E-state index in [9.17, 15) is 4.79 Å². The molecule has 5 nitrogen and oxygen atoms in total. The minimum atomic E-state index is -0.00996. The first-order valence-electron chi connectivity index (χ1n) is 10.7. The Morgan fingerprint density at radius 1 is 0.900 bits per heavy atom. The summed E-state index contributed by atoms with van der Waals surface area (Å²) in [6.07, 6.45) is 5.44. The first-order valence-corrected chi connectivity index (χ1v) is 10.7. The highest BCUT2D eigenvalue weighted by molar-refractivity contribution is 5.80. The lowest BCUT2D eigenvalue weighted by atomic mass is 9.84. The third kappa shape index (κ3) is 3.67. The van der Waals surface area contributed by atoms with Crippen molar-refractivity contribution >= 4 is 11.9 Å². The van der Waals surface area contributed by atoms with Gasteiger partial charge in [0.1, 0.15) is 0 Å². The molecule has 2 aliphatic heterocycles. The number of hydrogen-bond donors (Lipinski definition) is 0. The summed E-state index contributed by atoms with van der Waals surface area (Å²) in [6.45, 7) is 3.02. The average Bonchev–Trinajstić information content (AvgIpc) is 2.84. The maximum atomic E-state index is 13.6. The maximum Gasteiger partial charge on any atom is 0.227 e. The zero-order valence-electron chi connectivity index (χ0n) is 17.0. The largest absolute Gasteiger partial charge is 0.340 e. The van der Waals surface area contributed by atoms with Crippen LogP contribution >= 0.6 is 0 Å². The first kappa shape index (κ1) is 18.8. The Labute approximate surface area is 177 Å². The van der Waals surface area contributed by atoms with E-state index in [1.807, 2.05) is 12.1 Å². The van der Waals surface area contributed by atoms with Gasteiger partial charge in [0.2, 0.25) is 11.9 Å². The van der Waals surface area contributed by atoms with E-state index in [1.54, 1.807) is 12.4 Å². The molecule has 0 spiro atoms. The zero-order chi connectivity index (χ0) is 20.3. The number of nitrogens with zero attached hydrogens (tertiary/aromatic N) is 4. The van der Waals surface area contributed by atoms with Gasteiger partial charge in [-0.1, -0.05) is 54.6 Å². The SMILES string of the molecule is O=C(C1CCCN(c2ncccn2)C1)N1Cc2ccccc2C(c2ccccc2)C1. The predicted octanol–water partition coefficient (Wildman–Crippen LogP) is 3.87. The Morgan fingerprint density at radius 2 is 1.67 bits per heavy atom. The topological polar surface area (TPSA) is 49.3 Å². The van der Waals surface area contributed by atoms with E-state index in [-0.39, 0.29) is 17.7 Å². The van der Waals surface area contributed by atoms with Crippen LogP contribution in [0.3, 0.4) is 0 Å². The van der Waals surface area contributed by atoms with Gasteiger partial charge in [-0.2, -0.15) is 0 Å². The second-order valence-electron chi connectivity index (χ2n) is 8.21. The summed E-state index contributed by atoms with van der Waals surface area (Å²) >= 11 is 0. The van der Waals surface area contributed by atoms with Crippen molar-refractivity contribution in [2.45, 2.75) is 25.3 Å². The van der Waals surface area contributed by atoms with Gasteiger partial charge in [-0.15, -0.1) is 0 Å². The number of rotatable bonds is 3. The van der Waals surface area contributed by atoms with Crippen LogP contribution in [0.4, 0.5) is 5.95 Å². The lowest BCUT2D eigenvalue weighted by Crippen LogP contribution is -2.47. The van der Waals surface area contributed by atoms with Gasteiger partial charge < -0.3 is 9.80 Å². The molecule has 0 N–H and O–H groups in total. The fourth-order valence-electron chi connectivity index (χ4n) is 4.82. The number of hydrogen-bond acceptors (Lipinski definition) is 4. The minimum Gasteiger partial charge on any atom is -0.340 e. The molecule has 1 fully saturated rings. The van der Waals surface area contributed by atoms with E-state index < -0.39 is 0 Å². The molecule has 1 amide bonds. The van der Waals surface area contributed by atoms with Crippen molar-refractivity contribution in [1.82, 2.24) is 14.9 Å². The Bertz CT molecular complexity index is 1010. The molecule has 2 unspecified atom stereocenters. The fourth-order valence-corrected chi connectivity index (χ4v) is 4.82. The number of anilines is 1. The summed E-state index contributed by atoms with van der Waals surface area (Å²) in [4.78, 5) is 26.6. The van der Waals surface area contributed by atoms with Gasteiger partial charge in [0.25, 0.3) is 0 Å². The van der Waals surface area contributed by atoms with Crippen molar-refractivity contribution in [3.05, 3.63) is 89.7 Å². The molecule has 0 radical (unpaired) electrons. The van der Waals surface area contributed by atoms with Crippen molar-refractivity contribution in [2.24, 2.45) is 5.92 Å². The van der Waals surface area contributed by atoms with Crippen molar-refractivity contribution in [3.8, 4) is 0 Å². The lowest BCUT2D eigenvalue weighted by Gasteiger charge is -2.39. The highest BCUT2D eigenvalue weighted by Gasteiger charge is 2.34. The summed E-state index contributed by atoms with van der Waals surface area (Å²) in [5.41, 5.74) is 3.87. The molecule has 30 heavy (non-hydrogen) atoms. The fraction of sp³-hybridized carbons (Fsp3) is 0.320. The second-order valence-corrected chi connectivity index (χ2v) is 8.21. The molecule has 2 aromatic carbocycles. The maximum absolute atomic E-state index is 13.6.